The summed E-state index contributed by atoms with van der Waals surface area (Å²) < 4.78 is 3.31. The second-order valence-corrected chi connectivity index (χ2v) is 4.48. The molecule has 0 spiro atoms. The number of rotatable bonds is 3. The third kappa shape index (κ3) is 1.95. The van der Waals surface area contributed by atoms with Gasteiger partial charge < -0.3 is 4.57 Å². The smallest absolute Gasteiger partial charge is 0.0645 e. The first kappa shape index (κ1) is 11.1. The Balaban J connectivity index is 2.59. The van der Waals surface area contributed by atoms with Gasteiger partial charge >= 0.3 is 0 Å². The summed E-state index contributed by atoms with van der Waals surface area (Å²) >= 11 is 3.59. The molecule has 0 amide bonds. The number of hydrogen-bond donors (Lipinski definition) is 0. The molecule has 0 N–H and O–H groups in total. The van der Waals surface area contributed by atoms with Gasteiger partial charge in [-0.1, -0.05) is 6.08 Å². The van der Waals surface area contributed by atoms with Crippen molar-refractivity contribution >= 4 is 15.9 Å². The fourth-order valence-electron chi connectivity index (χ4n) is 1.80. The van der Waals surface area contributed by atoms with E-state index in [0.29, 0.717) is 0 Å². The van der Waals surface area contributed by atoms with Crippen LogP contribution in [-0.2, 0) is 6.54 Å². The Labute approximate surface area is 104 Å². The van der Waals surface area contributed by atoms with Gasteiger partial charge in [-0.15, -0.1) is 6.58 Å². The summed E-state index contributed by atoms with van der Waals surface area (Å²) in [6.07, 6.45) is 5.56. The lowest BCUT2D eigenvalue weighted by Gasteiger charge is -2.09. The number of halogens is 1. The molecule has 2 aromatic heterocycles. The van der Waals surface area contributed by atoms with E-state index in [-0.39, 0.29) is 0 Å². The van der Waals surface area contributed by atoms with E-state index in [0.717, 1.165) is 22.3 Å². The normalized spacial score (nSPS) is 10.4. The maximum atomic E-state index is 4.15. The third-order valence-electron chi connectivity index (χ3n) is 2.50. The molecule has 0 bridgehead atoms. The lowest BCUT2D eigenvalue weighted by molar-refractivity contribution is 0.806. The second-order valence-electron chi connectivity index (χ2n) is 3.62. The molecular weight excluding hydrogens is 264 g/mol. The molecule has 2 nitrogen and oxygen atoms in total. The number of aryl methyl sites for hydroxylation is 1. The molecule has 0 aliphatic heterocycles. The summed E-state index contributed by atoms with van der Waals surface area (Å²) in [7, 11) is 0. The van der Waals surface area contributed by atoms with E-state index in [2.05, 4.69) is 51.1 Å². The van der Waals surface area contributed by atoms with Crippen LogP contribution in [0.3, 0.4) is 0 Å². The number of allylic oxidation sites excluding steroid dienone is 1. The van der Waals surface area contributed by atoms with Crippen LogP contribution in [-0.4, -0.2) is 9.55 Å². The van der Waals surface area contributed by atoms with Crippen molar-refractivity contribution in [2.45, 2.75) is 13.5 Å². The quantitative estimate of drug-likeness (QED) is 0.780. The van der Waals surface area contributed by atoms with Gasteiger partial charge in [0.1, 0.15) is 0 Å². The molecule has 0 aliphatic rings. The first-order valence-electron chi connectivity index (χ1n) is 5.11. The van der Waals surface area contributed by atoms with E-state index < -0.39 is 0 Å². The van der Waals surface area contributed by atoms with E-state index >= 15 is 0 Å². The van der Waals surface area contributed by atoms with Crippen LogP contribution in [0.1, 0.15) is 5.69 Å². The van der Waals surface area contributed by atoms with E-state index in [1.54, 1.807) is 6.20 Å². The van der Waals surface area contributed by atoms with Crippen LogP contribution in [0.2, 0.25) is 0 Å². The first-order valence-corrected chi connectivity index (χ1v) is 5.90. The van der Waals surface area contributed by atoms with Gasteiger partial charge in [-0.3, -0.25) is 4.98 Å². The van der Waals surface area contributed by atoms with Crippen molar-refractivity contribution in [2.75, 3.05) is 0 Å². The summed E-state index contributed by atoms with van der Waals surface area (Å²) in [5.41, 5.74) is 3.49. The zero-order valence-corrected chi connectivity index (χ0v) is 10.7. The zero-order valence-electron chi connectivity index (χ0n) is 9.15. The van der Waals surface area contributed by atoms with Gasteiger partial charge in [-0.05, 0) is 41.1 Å². The van der Waals surface area contributed by atoms with Crippen LogP contribution in [0.5, 0.6) is 0 Å². The van der Waals surface area contributed by atoms with Crippen LogP contribution in [0.25, 0.3) is 11.3 Å². The zero-order chi connectivity index (χ0) is 11.5. The Morgan fingerprint density at radius 1 is 1.56 bits per heavy atom. The minimum atomic E-state index is 0.807. The fraction of sp³-hybridized carbons (Fsp3) is 0.154. The van der Waals surface area contributed by atoms with Crippen molar-refractivity contribution in [3.63, 3.8) is 0 Å². The van der Waals surface area contributed by atoms with Crippen molar-refractivity contribution in [3.05, 3.63) is 53.4 Å². The lowest BCUT2D eigenvalue weighted by Crippen LogP contribution is -2.00. The molecule has 0 saturated heterocycles. The van der Waals surface area contributed by atoms with Crippen molar-refractivity contribution in [3.8, 4) is 11.3 Å². The Hall–Kier alpha value is -1.35. The van der Waals surface area contributed by atoms with Gasteiger partial charge in [0.2, 0.25) is 0 Å². The highest BCUT2D eigenvalue weighted by molar-refractivity contribution is 9.10. The summed E-state index contributed by atoms with van der Waals surface area (Å²) in [6, 6.07) is 6.13. The molecule has 0 unspecified atom stereocenters. The van der Waals surface area contributed by atoms with Gasteiger partial charge in [0.05, 0.1) is 5.69 Å². The average molecular weight is 277 g/mol. The van der Waals surface area contributed by atoms with Gasteiger partial charge in [0.15, 0.2) is 0 Å². The average Bonchev–Trinajstić information content (AvgIpc) is 2.56. The maximum absolute atomic E-state index is 4.15. The standard InChI is InChI=1S/C13H13BrN2/c1-3-7-16-10(2)8-12(14)13(16)11-5-4-6-15-9-11/h3-6,8-9H,1,7H2,2H3. The Bertz CT molecular complexity index is 500. The highest BCUT2D eigenvalue weighted by Gasteiger charge is 2.11. The summed E-state index contributed by atoms with van der Waals surface area (Å²) in [4.78, 5) is 4.15. The highest BCUT2D eigenvalue weighted by Crippen LogP contribution is 2.31. The summed E-state index contributed by atoms with van der Waals surface area (Å²) in [6.45, 7) is 6.69. The topological polar surface area (TPSA) is 17.8 Å². The fourth-order valence-corrected chi connectivity index (χ4v) is 2.57. The molecule has 0 fully saturated rings. The van der Waals surface area contributed by atoms with Crippen molar-refractivity contribution in [1.29, 1.82) is 0 Å². The minimum absolute atomic E-state index is 0.807. The van der Waals surface area contributed by atoms with E-state index in [1.807, 2.05) is 18.3 Å². The SMILES string of the molecule is C=CCn1c(C)cc(Br)c1-c1cccnc1. The molecule has 2 heterocycles. The van der Waals surface area contributed by atoms with E-state index in [4.69, 9.17) is 0 Å². The van der Waals surface area contributed by atoms with Crippen molar-refractivity contribution in [2.24, 2.45) is 0 Å². The molecule has 0 saturated carbocycles. The molecule has 82 valence electrons. The first-order chi connectivity index (χ1) is 7.74. The molecule has 0 aliphatic carbocycles. The maximum Gasteiger partial charge on any atom is 0.0645 e. The Kier molecular flexibility index (Phi) is 3.25. The number of pyridine rings is 1. The van der Waals surface area contributed by atoms with Crippen molar-refractivity contribution < 1.29 is 0 Å². The minimum Gasteiger partial charge on any atom is -0.340 e. The van der Waals surface area contributed by atoms with Crippen molar-refractivity contribution in [1.82, 2.24) is 9.55 Å². The molecule has 16 heavy (non-hydrogen) atoms. The van der Waals surface area contributed by atoms with E-state index in [9.17, 15) is 0 Å². The van der Waals surface area contributed by atoms with Crippen LogP contribution < -0.4 is 0 Å². The van der Waals surface area contributed by atoms with Crippen LogP contribution >= 0.6 is 15.9 Å². The Morgan fingerprint density at radius 2 is 2.38 bits per heavy atom. The monoisotopic (exact) mass is 276 g/mol. The van der Waals surface area contributed by atoms with Gasteiger partial charge in [-0.25, -0.2) is 0 Å². The second kappa shape index (κ2) is 4.66. The lowest BCUT2D eigenvalue weighted by atomic mass is 10.2. The third-order valence-corrected chi connectivity index (χ3v) is 3.11. The predicted octanol–water partition coefficient (Wildman–Crippen LogP) is 3.81. The summed E-state index contributed by atoms with van der Waals surface area (Å²) in [5, 5.41) is 0. The predicted molar refractivity (Wildman–Crippen MR) is 70.3 cm³/mol. The largest absolute Gasteiger partial charge is 0.340 e. The summed E-state index contributed by atoms with van der Waals surface area (Å²) in [5.74, 6) is 0. The molecule has 0 aromatic carbocycles. The molecule has 0 atom stereocenters. The van der Waals surface area contributed by atoms with Gasteiger partial charge in [-0.2, -0.15) is 0 Å². The van der Waals surface area contributed by atoms with Gasteiger partial charge in [0.25, 0.3) is 0 Å². The van der Waals surface area contributed by atoms with Crippen LogP contribution in [0.4, 0.5) is 0 Å². The Morgan fingerprint density at radius 3 is 3.00 bits per heavy atom. The molecule has 2 rings (SSSR count). The number of hydrogen-bond acceptors (Lipinski definition) is 1. The highest BCUT2D eigenvalue weighted by atomic mass is 79.9. The molecular formula is C13H13BrN2. The number of aromatic nitrogens is 2. The van der Waals surface area contributed by atoms with E-state index in [1.165, 1.54) is 5.69 Å². The molecule has 0 radical (unpaired) electrons. The van der Waals surface area contributed by atoms with Crippen LogP contribution in [0.15, 0.2) is 47.7 Å². The molecule has 2 aromatic rings. The molecule has 3 heteroatoms. The van der Waals surface area contributed by atoms with Crippen LogP contribution in [0, 0.1) is 6.92 Å². The van der Waals surface area contributed by atoms with Gasteiger partial charge in [0, 0.05) is 34.7 Å². The number of nitrogens with zero attached hydrogens (tertiary/aromatic N) is 2.